The Bertz CT molecular complexity index is 513. The van der Waals surface area contributed by atoms with Gasteiger partial charge in [0.15, 0.2) is 0 Å². The van der Waals surface area contributed by atoms with Gasteiger partial charge in [0.1, 0.15) is 6.10 Å². The first-order valence-corrected chi connectivity index (χ1v) is 7.60. The van der Waals surface area contributed by atoms with Crippen LogP contribution in [0.25, 0.3) is 0 Å². The molecule has 2 rings (SSSR count). The number of benzene rings is 1. The Labute approximate surface area is 130 Å². The summed E-state index contributed by atoms with van der Waals surface area (Å²) in [5.74, 6) is -0.926. The fraction of sp³-hybridized carbons (Fsp3) is 0.529. The van der Waals surface area contributed by atoms with Crippen molar-refractivity contribution in [2.75, 3.05) is 0 Å². The smallest absolute Gasteiger partial charge is 0.338 e. The maximum absolute atomic E-state index is 12.1. The largest absolute Gasteiger partial charge is 0.459 e. The van der Waals surface area contributed by atoms with Gasteiger partial charge < -0.3 is 14.2 Å². The van der Waals surface area contributed by atoms with E-state index in [2.05, 4.69) is 0 Å². The second kappa shape index (κ2) is 7.40. The van der Waals surface area contributed by atoms with Crippen LogP contribution in [-0.4, -0.2) is 30.4 Å². The van der Waals surface area contributed by atoms with Crippen molar-refractivity contribution < 1.29 is 23.8 Å². The molecule has 4 atom stereocenters. The molecule has 0 radical (unpaired) electrons. The topological polar surface area (TPSA) is 61.8 Å². The summed E-state index contributed by atoms with van der Waals surface area (Å²) in [4.78, 5) is 23.3. The van der Waals surface area contributed by atoms with Crippen LogP contribution in [0.5, 0.6) is 0 Å². The van der Waals surface area contributed by atoms with Gasteiger partial charge in [-0.1, -0.05) is 25.1 Å². The molecule has 0 amide bonds. The van der Waals surface area contributed by atoms with E-state index in [1.807, 2.05) is 19.9 Å². The molecule has 1 heterocycles. The first-order chi connectivity index (χ1) is 10.5. The van der Waals surface area contributed by atoms with Crippen molar-refractivity contribution in [1.29, 1.82) is 0 Å². The van der Waals surface area contributed by atoms with Gasteiger partial charge in [0.05, 0.1) is 17.6 Å². The predicted molar refractivity (Wildman–Crippen MR) is 80.1 cm³/mol. The number of ether oxygens (including phenoxy) is 3. The number of rotatable bonds is 5. The zero-order valence-electron chi connectivity index (χ0n) is 13.2. The van der Waals surface area contributed by atoms with Gasteiger partial charge in [-0.2, -0.15) is 0 Å². The first-order valence-electron chi connectivity index (χ1n) is 7.60. The molecule has 0 aromatic heterocycles. The van der Waals surface area contributed by atoms with Crippen molar-refractivity contribution in [2.24, 2.45) is 5.92 Å². The Morgan fingerprint density at radius 1 is 1.32 bits per heavy atom. The van der Waals surface area contributed by atoms with Crippen molar-refractivity contribution in [3.8, 4) is 0 Å². The zero-order valence-corrected chi connectivity index (χ0v) is 13.2. The van der Waals surface area contributed by atoms with E-state index in [-0.39, 0.29) is 18.0 Å². The normalized spacial score (nSPS) is 25.5. The average molecular weight is 306 g/mol. The quantitative estimate of drug-likeness (QED) is 0.783. The Hall–Kier alpha value is -1.88. The molecule has 1 aromatic rings. The maximum Gasteiger partial charge on any atom is 0.338 e. The Morgan fingerprint density at radius 2 is 2.00 bits per heavy atom. The predicted octanol–water partition coefficient (Wildman–Crippen LogP) is 2.94. The van der Waals surface area contributed by atoms with Crippen LogP contribution >= 0.6 is 0 Å². The monoisotopic (exact) mass is 306 g/mol. The van der Waals surface area contributed by atoms with Crippen molar-refractivity contribution in [2.45, 2.75) is 52.1 Å². The molecule has 3 unspecified atom stereocenters. The minimum Gasteiger partial charge on any atom is -0.459 e. The third kappa shape index (κ3) is 4.07. The summed E-state index contributed by atoms with van der Waals surface area (Å²) >= 11 is 0. The molecule has 0 bridgehead atoms. The van der Waals surface area contributed by atoms with Gasteiger partial charge >= 0.3 is 11.9 Å². The molecule has 0 N–H and O–H groups in total. The molecule has 120 valence electrons. The van der Waals surface area contributed by atoms with Gasteiger partial charge in [-0.25, -0.2) is 4.79 Å². The molecular weight excluding hydrogens is 284 g/mol. The van der Waals surface area contributed by atoms with E-state index in [1.54, 1.807) is 24.3 Å². The van der Waals surface area contributed by atoms with Crippen molar-refractivity contribution >= 4 is 11.9 Å². The van der Waals surface area contributed by atoms with E-state index in [9.17, 15) is 9.59 Å². The maximum atomic E-state index is 12.1. The second-order valence-corrected chi connectivity index (χ2v) is 5.52. The molecule has 0 aliphatic carbocycles. The molecule has 5 heteroatoms. The second-order valence-electron chi connectivity index (χ2n) is 5.52. The Morgan fingerprint density at radius 3 is 2.59 bits per heavy atom. The number of hydrogen-bond donors (Lipinski definition) is 0. The summed E-state index contributed by atoms with van der Waals surface area (Å²) in [6.45, 7) is 5.17. The van der Waals surface area contributed by atoms with Crippen LogP contribution in [0.3, 0.4) is 0 Å². The molecule has 1 saturated heterocycles. The molecule has 1 fully saturated rings. The Kier molecular flexibility index (Phi) is 5.55. The molecule has 22 heavy (non-hydrogen) atoms. The van der Waals surface area contributed by atoms with Crippen LogP contribution in [0.15, 0.2) is 30.3 Å². The van der Waals surface area contributed by atoms with E-state index >= 15 is 0 Å². The summed E-state index contributed by atoms with van der Waals surface area (Å²) in [6, 6.07) is 8.83. The van der Waals surface area contributed by atoms with Gasteiger partial charge in [-0.3, -0.25) is 4.79 Å². The highest BCUT2D eigenvalue weighted by molar-refractivity contribution is 5.89. The van der Waals surface area contributed by atoms with Crippen LogP contribution < -0.4 is 0 Å². The summed E-state index contributed by atoms with van der Waals surface area (Å²) in [6.07, 6.45) is 0.507. The van der Waals surface area contributed by atoms with E-state index in [4.69, 9.17) is 14.2 Å². The van der Waals surface area contributed by atoms with E-state index < -0.39 is 18.4 Å². The van der Waals surface area contributed by atoms with Crippen molar-refractivity contribution in [3.05, 3.63) is 35.9 Å². The lowest BCUT2D eigenvalue weighted by Gasteiger charge is -2.23. The molecule has 5 nitrogen and oxygen atoms in total. The van der Waals surface area contributed by atoms with Gasteiger partial charge in [-0.15, -0.1) is 0 Å². The third-order valence-electron chi connectivity index (χ3n) is 3.85. The summed E-state index contributed by atoms with van der Waals surface area (Å²) in [7, 11) is 0. The van der Waals surface area contributed by atoms with E-state index in [0.717, 1.165) is 6.42 Å². The van der Waals surface area contributed by atoms with Crippen LogP contribution in [0.4, 0.5) is 0 Å². The van der Waals surface area contributed by atoms with Crippen LogP contribution in [0, 0.1) is 5.92 Å². The highest BCUT2D eigenvalue weighted by atomic mass is 16.7. The number of carbonyl (C=O) groups is 2. The summed E-state index contributed by atoms with van der Waals surface area (Å²) in [5.41, 5.74) is 0.504. The summed E-state index contributed by atoms with van der Waals surface area (Å²) < 4.78 is 16.4. The molecule has 1 aliphatic heterocycles. The van der Waals surface area contributed by atoms with Crippen LogP contribution in [-0.2, 0) is 19.0 Å². The number of hydrogen-bond acceptors (Lipinski definition) is 5. The minimum atomic E-state index is -0.652. The highest BCUT2D eigenvalue weighted by Gasteiger charge is 2.41. The lowest BCUT2D eigenvalue weighted by atomic mass is 9.97. The summed E-state index contributed by atoms with van der Waals surface area (Å²) in [5, 5.41) is 0. The van der Waals surface area contributed by atoms with Gasteiger partial charge in [0.25, 0.3) is 0 Å². The molecule has 1 aromatic carbocycles. The van der Waals surface area contributed by atoms with Crippen LogP contribution in [0.1, 0.15) is 44.0 Å². The van der Waals surface area contributed by atoms with Crippen LogP contribution in [0.2, 0.25) is 0 Å². The van der Waals surface area contributed by atoms with Gasteiger partial charge in [-0.05, 0) is 31.9 Å². The molecule has 0 saturated carbocycles. The molecular formula is C17H22O5. The lowest BCUT2D eigenvalue weighted by Crippen LogP contribution is -2.33. The van der Waals surface area contributed by atoms with Crippen molar-refractivity contribution in [1.82, 2.24) is 0 Å². The van der Waals surface area contributed by atoms with E-state index in [0.29, 0.717) is 12.0 Å². The van der Waals surface area contributed by atoms with Gasteiger partial charge in [0.2, 0.25) is 6.29 Å². The highest BCUT2D eigenvalue weighted by Crippen LogP contribution is 2.33. The number of esters is 2. The third-order valence-corrected chi connectivity index (χ3v) is 3.85. The molecule has 1 aliphatic rings. The van der Waals surface area contributed by atoms with Crippen molar-refractivity contribution in [3.63, 3.8) is 0 Å². The lowest BCUT2D eigenvalue weighted by molar-refractivity contribution is -0.183. The van der Waals surface area contributed by atoms with Gasteiger partial charge in [0, 0.05) is 6.92 Å². The fourth-order valence-electron chi connectivity index (χ4n) is 2.61. The molecule has 0 spiro atoms. The SMILES string of the molecule is CC[C@@H]1CC(C(C)OC(=O)c2ccccc2)C(OC(C)=O)O1. The minimum absolute atomic E-state index is 0.0206. The average Bonchev–Trinajstić information content (AvgIpc) is 2.90. The Balaban J connectivity index is 2.01. The standard InChI is InChI=1S/C17H22O5/c1-4-14-10-15(17(22-14)21-12(3)18)11(2)20-16(19)13-8-6-5-7-9-13/h5-9,11,14-15,17H,4,10H2,1-3H3/t11?,14-,15?,17?/m1/s1. The fourth-order valence-corrected chi connectivity index (χ4v) is 2.61. The van der Waals surface area contributed by atoms with E-state index in [1.165, 1.54) is 6.92 Å². The number of carbonyl (C=O) groups excluding carboxylic acids is 2. The first kappa shape index (κ1) is 16.5. The zero-order chi connectivity index (χ0) is 16.1.